The summed E-state index contributed by atoms with van der Waals surface area (Å²) in [6.07, 6.45) is -0.654. The summed E-state index contributed by atoms with van der Waals surface area (Å²) >= 11 is 5.97. The Labute approximate surface area is 147 Å². The van der Waals surface area contributed by atoms with Gasteiger partial charge in [-0.3, -0.25) is 4.79 Å². The van der Waals surface area contributed by atoms with Gasteiger partial charge in [0.2, 0.25) is 0 Å². The Kier molecular flexibility index (Phi) is 6.10. The maximum atomic E-state index is 12.3. The van der Waals surface area contributed by atoms with Gasteiger partial charge in [-0.2, -0.15) is 0 Å². The van der Waals surface area contributed by atoms with E-state index in [1.165, 1.54) is 12.7 Å². The number of anilines is 1. The number of hydrogen-bond acceptors (Lipinski definition) is 3. The second-order valence-corrected chi connectivity index (χ2v) is 6.25. The molecule has 4 nitrogen and oxygen atoms in total. The zero-order valence-electron chi connectivity index (χ0n) is 14.3. The summed E-state index contributed by atoms with van der Waals surface area (Å²) in [7, 11) is 1.54. The van der Waals surface area contributed by atoms with Crippen LogP contribution in [0, 0.1) is 0 Å². The van der Waals surface area contributed by atoms with Crippen molar-refractivity contribution in [3.05, 3.63) is 53.1 Å². The third kappa shape index (κ3) is 4.65. The van der Waals surface area contributed by atoms with Gasteiger partial charge in [0.25, 0.3) is 5.91 Å². The molecule has 0 spiro atoms. The van der Waals surface area contributed by atoms with Crippen LogP contribution in [0.3, 0.4) is 0 Å². The number of halogens is 1. The zero-order chi connectivity index (χ0) is 17.7. The Bertz CT molecular complexity index is 698. The van der Waals surface area contributed by atoms with Crippen molar-refractivity contribution in [2.45, 2.75) is 32.8 Å². The minimum Gasteiger partial charge on any atom is -0.495 e. The SMILES string of the molecule is COc1ccc(Cl)cc1NC(=O)[C@@H](C)Oc1ccc(C(C)C)cc1. The predicted octanol–water partition coefficient (Wildman–Crippen LogP) is 4.88. The topological polar surface area (TPSA) is 47.6 Å². The fourth-order valence-electron chi connectivity index (χ4n) is 2.20. The van der Waals surface area contributed by atoms with E-state index in [9.17, 15) is 4.79 Å². The van der Waals surface area contributed by atoms with Gasteiger partial charge in [0, 0.05) is 5.02 Å². The molecule has 128 valence electrons. The highest BCUT2D eigenvalue weighted by atomic mass is 35.5. The van der Waals surface area contributed by atoms with Crippen molar-refractivity contribution in [1.82, 2.24) is 0 Å². The summed E-state index contributed by atoms with van der Waals surface area (Å²) in [6.45, 7) is 5.96. The summed E-state index contributed by atoms with van der Waals surface area (Å²) in [4.78, 5) is 12.3. The van der Waals surface area contributed by atoms with Crippen LogP contribution >= 0.6 is 11.6 Å². The number of nitrogens with one attached hydrogen (secondary N) is 1. The van der Waals surface area contributed by atoms with Crippen molar-refractivity contribution in [3.63, 3.8) is 0 Å². The number of amides is 1. The molecule has 0 saturated heterocycles. The van der Waals surface area contributed by atoms with Gasteiger partial charge in [-0.15, -0.1) is 0 Å². The standard InChI is InChI=1S/C19H22ClNO3/c1-12(2)14-5-8-16(9-6-14)24-13(3)19(22)21-17-11-15(20)7-10-18(17)23-4/h5-13H,1-4H3,(H,21,22)/t13-/m1/s1. The van der Waals surface area contributed by atoms with E-state index in [1.54, 1.807) is 25.1 Å². The normalized spacial score (nSPS) is 11.9. The Hall–Kier alpha value is -2.20. The summed E-state index contributed by atoms with van der Waals surface area (Å²) < 4.78 is 10.9. The van der Waals surface area contributed by atoms with Crippen molar-refractivity contribution >= 4 is 23.2 Å². The van der Waals surface area contributed by atoms with Gasteiger partial charge >= 0.3 is 0 Å². The molecule has 0 radical (unpaired) electrons. The molecule has 0 bridgehead atoms. The van der Waals surface area contributed by atoms with Crippen molar-refractivity contribution in [2.75, 3.05) is 12.4 Å². The Balaban J connectivity index is 2.03. The molecule has 0 heterocycles. The van der Waals surface area contributed by atoms with Crippen LogP contribution in [0.2, 0.25) is 5.02 Å². The number of hydrogen-bond donors (Lipinski definition) is 1. The van der Waals surface area contributed by atoms with Gasteiger partial charge in [0.1, 0.15) is 11.5 Å². The molecule has 0 aliphatic heterocycles. The highest BCUT2D eigenvalue weighted by molar-refractivity contribution is 6.31. The third-order valence-electron chi connectivity index (χ3n) is 3.65. The maximum Gasteiger partial charge on any atom is 0.265 e. The predicted molar refractivity (Wildman–Crippen MR) is 97.3 cm³/mol. The fraction of sp³-hybridized carbons (Fsp3) is 0.316. The molecule has 2 aromatic rings. The average molecular weight is 348 g/mol. The smallest absolute Gasteiger partial charge is 0.265 e. The van der Waals surface area contributed by atoms with Crippen molar-refractivity contribution in [1.29, 1.82) is 0 Å². The molecular formula is C19H22ClNO3. The Morgan fingerprint density at radius 2 is 1.75 bits per heavy atom. The van der Waals surface area contributed by atoms with Crippen LogP contribution in [0.15, 0.2) is 42.5 Å². The highest BCUT2D eigenvalue weighted by Gasteiger charge is 2.17. The first-order valence-electron chi connectivity index (χ1n) is 7.81. The summed E-state index contributed by atoms with van der Waals surface area (Å²) in [5.74, 6) is 1.37. The van der Waals surface area contributed by atoms with E-state index in [-0.39, 0.29) is 5.91 Å². The molecule has 5 heteroatoms. The van der Waals surface area contributed by atoms with Crippen molar-refractivity contribution < 1.29 is 14.3 Å². The molecule has 0 aliphatic carbocycles. The quantitative estimate of drug-likeness (QED) is 0.810. The van der Waals surface area contributed by atoms with E-state index in [0.29, 0.717) is 28.1 Å². The molecule has 1 N–H and O–H groups in total. The number of ether oxygens (including phenoxy) is 2. The molecule has 2 aromatic carbocycles. The van der Waals surface area contributed by atoms with E-state index in [2.05, 4.69) is 19.2 Å². The van der Waals surface area contributed by atoms with Crippen molar-refractivity contribution in [3.8, 4) is 11.5 Å². The molecule has 1 atom stereocenters. The van der Waals surface area contributed by atoms with Crippen LogP contribution in [0.4, 0.5) is 5.69 Å². The minimum atomic E-state index is -0.654. The van der Waals surface area contributed by atoms with E-state index in [0.717, 1.165) is 0 Å². The lowest BCUT2D eigenvalue weighted by Crippen LogP contribution is -2.30. The summed E-state index contributed by atoms with van der Waals surface area (Å²) in [5, 5.41) is 3.30. The molecule has 24 heavy (non-hydrogen) atoms. The fourth-order valence-corrected chi connectivity index (χ4v) is 2.37. The zero-order valence-corrected chi connectivity index (χ0v) is 15.1. The van der Waals surface area contributed by atoms with Crippen LogP contribution in [0.5, 0.6) is 11.5 Å². The van der Waals surface area contributed by atoms with Gasteiger partial charge in [0.15, 0.2) is 6.10 Å². The molecule has 2 rings (SSSR count). The van der Waals surface area contributed by atoms with Gasteiger partial charge in [-0.25, -0.2) is 0 Å². The van der Waals surface area contributed by atoms with Crippen LogP contribution < -0.4 is 14.8 Å². The first-order valence-corrected chi connectivity index (χ1v) is 8.19. The van der Waals surface area contributed by atoms with E-state index < -0.39 is 6.10 Å². The summed E-state index contributed by atoms with van der Waals surface area (Å²) in [5.41, 5.74) is 1.74. The molecule has 1 amide bonds. The lowest BCUT2D eigenvalue weighted by molar-refractivity contribution is -0.122. The number of carbonyl (C=O) groups excluding carboxylic acids is 1. The number of carbonyl (C=O) groups is 1. The van der Waals surface area contributed by atoms with Gasteiger partial charge < -0.3 is 14.8 Å². The first-order chi connectivity index (χ1) is 11.4. The van der Waals surface area contributed by atoms with Crippen LogP contribution in [-0.4, -0.2) is 19.1 Å². The van der Waals surface area contributed by atoms with E-state index in [1.807, 2.05) is 24.3 Å². The molecular weight excluding hydrogens is 326 g/mol. The van der Waals surface area contributed by atoms with Gasteiger partial charge in [0.05, 0.1) is 12.8 Å². The number of methoxy groups -OCH3 is 1. The second-order valence-electron chi connectivity index (χ2n) is 5.82. The third-order valence-corrected chi connectivity index (χ3v) is 3.88. The van der Waals surface area contributed by atoms with Crippen LogP contribution in [0.1, 0.15) is 32.3 Å². The van der Waals surface area contributed by atoms with Gasteiger partial charge in [-0.1, -0.05) is 37.6 Å². The number of rotatable bonds is 6. The molecule has 0 saturated carbocycles. The highest BCUT2D eigenvalue weighted by Crippen LogP contribution is 2.28. The first kappa shape index (κ1) is 18.1. The van der Waals surface area contributed by atoms with Crippen LogP contribution in [0.25, 0.3) is 0 Å². The average Bonchev–Trinajstić information content (AvgIpc) is 2.55. The Morgan fingerprint density at radius 3 is 2.33 bits per heavy atom. The Morgan fingerprint density at radius 1 is 1.08 bits per heavy atom. The van der Waals surface area contributed by atoms with E-state index in [4.69, 9.17) is 21.1 Å². The second kappa shape index (κ2) is 8.06. The number of benzene rings is 2. The van der Waals surface area contributed by atoms with Crippen molar-refractivity contribution in [2.24, 2.45) is 0 Å². The lowest BCUT2D eigenvalue weighted by atomic mass is 10.0. The largest absolute Gasteiger partial charge is 0.495 e. The molecule has 0 fully saturated rings. The van der Waals surface area contributed by atoms with E-state index >= 15 is 0 Å². The maximum absolute atomic E-state index is 12.3. The lowest BCUT2D eigenvalue weighted by Gasteiger charge is -2.17. The monoisotopic (exact) mass is 347 g/mol. The minimum absolute atomic E-state index is 0.275. The molecule has 0 aromatic heterocycles. The summed E-state index contributed by atoms with van der Waals surface area (Å²) in [6, 6.07) is 12.8. The molecule has 0 unspecified atom stereocenters. The van der Waals surface area contributed by atoms with Crippen LogP contribution in [-0.2, 0) is 4.79 Å². The molecule has 0 aliphatic rings. The van der Waals surface area contributed by atoms with Gasteiger partial charge in [-0.05, 0) is 48.7 Å².